The van der Waals surface area contributed by atoms with Gasteiger partial charge in [0.15, 0.2) is 0 Å². The molecule has 0 spiro atoms. The minimum absolute atomic E-state index is 0.111. The van der Waals surface area contributed by atoms with Crippen LogP contribution in [0.25, 0.3) is 0 Å². The molecule has 0 saturated carbocycles. The molecule has 0 saturated heterocycles. The van der Waals surface area contributed by atoms with Crippen molar-refractivity contribution < 1.29 is 71.2 Å². The third-order valence-electron chi connectivity index (χ3n) is 6.74. The lowest BCUT2D eigenvalue weighted by molar-refractivity contribution is -0.126. The van der Waals surface area contributed by atoms with Crippen LogP contribution in [0.15, 0.2) is 0 Å². The molecule has 0 rings (SSSR count). The average Bonchev–Trinajstić information content (AvgIpc) is 3.19. The number of rotatable bonds is 44. The van der Waals surface area contributed by atoms with Crippen molar-refractivity contribution in [3.8, 4) is 24.7 Å². The smallest absolute Gasteiger partial charge is 0.222 e. The largest absolute Gasteiger partial charge is 0.379 e. The van der Waals surface area contributed by atoms with Gasteiger partial charge in [0.1, 0.15) is 13.2 Å². The molecule has 56 heavy (non-hydrogen) atoms. The summed E-state index contributed by atoms with van der Waals surface area (Å²) in [5, 5.41) is 8.41. The van der Waals surface area contributed by atoms with Crippen LogP contribution in [0, 0.1) is 24.7 Å². The molecule has 0 heterocycles. The molecule has 0 unspecified atom stereocenters. The number of carbonyl (C=O) groups is 3. The van der Waals surface area contributed by atoms with Gasteiger partial charge in [-0.15, -0.1) is 12.8 Å². The van der Waals surface area contributed by atoms with E-state index in [2.05, 4.69) is 27.8 Å². The van der Waals surface area contributed by atoms with Gasteiger partial charge in [-0.25, -0.2) is 0 Å². The van der Waals surface area contributed by atoms with Crippen molar-refractivity contribution >= 4 is 17.7 Å². The Hall–Kier alpha value is -2.95. The van der Waals surface area contributed by atoms with E-state index in [9.17, 15) is 14.4 Å². The summed E-state index contributed by atoms with van der Waals surface area (Å²) in [6.07, 6.45) is 10.6. The molecule has 324 valence electrons. The zero-order valence-corrected chi connectivity index (χ0v) is 33.4. The Labute approximate surface area is 333 Å². The maximum absolute atomic E-state index is 12.5. The molecule has 0 aliphatic carbocycles. The Morgan fingerprint density at radius 1 is 0.429 bits per heavy atom. The molecular weight excluding hydrogens is 738 g/mol. The van der Waals surface area contributed by atoms with Crippen molar-refractivity contribution in [2.75, 3.05) is 172 Å². The second kappa shape index (κ2) is 44.8. The zero-order valence-electron chi connectivity index (χ0n) is 33.4. The maximum Gasteiger partial charge on any atom is 0.222 e. The summed E-state index contributed by atoms with van der Waals surface area (Å²) < 4.78 is 64.6. The van der Waals surface area contributed by atoms with Crippen molar-refractivity contribution in [2.24, 2.45) is 0 Å². The summed E-state index contributed by atoms with van der Waals surface area (Å²) >= 11 is 0. The van der Waals surface area contributed by atoms with Crippen LogP contribution in [0.2, 0.25) is 0 Å². The lowest BCUT2D eigenvalue weighted by atomic mass is 10.3. The van der Waals surface area contributed by atoms with Crippen LogP contribution in [-0.2, 0) is 71.2 Å². The normalized spacial score (nSPS) is 11.0. The average molecular weight is 806 g/mol. The number of carbonyl (C=O) groups excluding carboxylic acids is 3. The van der Waals surface area contributed by atoms with E-state index in [0.717, 1.165) is 0 Å². The van der Waals surface area contributed by atoms with Crippen LogP contribution < -0.4 is 16.0 Å². The van der Waals surface area contributed by atoms with Crippen LogP contribution in [0.3, 0.4) is 0 Å². The number of amides is 3. The summed E-state index contributed by atoms with van der Waals surface area (Å²) in [6.45, 7) is 11.1. The van der Waals surface area contributed by atoms with E-state index >= 15 is 0 Å². The third-order valence-corrected chi connectivity index (χ3v) is 6.74. The summed E-state index contributed by atoms with van der Waals surface area (Å²) in [4.78, 5) is 36.9. The molecule has 3 N–H and O–H groups in total. The van der Waals surface area contributed by atoms with Crippen LogP contribution in [0.4, 0.5) is 0 Å². The second-order valence-corrected chi connectivity index (χ2v) is 11.4. The predicted octanol–water partition coefficient (Wildman–Crippen LogP) is -0.641. The van der Waals surface area contributed by atoms with E-state index in [1.54, 1.807) is 0 Å². The van der Waals surface area contributed by atoms with Crippen molar-refractivity contribution in [1.29, 1.82) is 0 Å². The van der Waals surface area contributed by atoms with E-state index in [0.29, 0.717) is 125 Å². The highest BCUT2D eigenvalue weighted by Gasteiger charge is 2.14. The van der Waals surface area contributed by atoms with Crippen LogP contribution in [-0.4, -0.2) is 195 Å². The van der Waals surface area contributed by atoms with Crippen molar-refractivity contribution in [3.05, 3.63) is 0 Å². The molecule has 0 bridgehead atoms. The lowest BCUT2D eigenvalue weighted by Gasteiger charge is -2.19. The van der Waals surface area contributed by atoms with Gasteiger partial charge in [-0.05, 0) is 6.92 Å². The molecule has 0 aromatic rings. The summed E-state index contributed by atoms with van der Waals surface area (Å²) in [6, 6.07) is -0.498. The van der Waals surface area contributed by atoms with Gasteiger partial charge in [-0.1, -0.05) is 11.8 Å². The van der Waals surface area contributed by atoms with Gasteiger partial charge in [0, 0.05) is 39.0 Å². The summed E-state index contributed by atoms with van der Waals surface area (Å²) in [5.41, 5.74) is 0. The minimum Gasteiger partial charge on any atom is -0.379 e. The quantitative estimate of drug-likeness (QED) is 0.0519. The molecule has 0 radical (unpaired) electrons. The molecule has 18 nitrogen and oxygen atoms in total. The highest BCUT2D eigenvalue weighted by atomic mass is 16.6. The topological polar surface area (TPSA) is 198 Å². The molecule has 0 aromatic carbocycles. The molecule has 0 atom stereocenters. The third kappa shape index (κ3) is 42.2. The standard InChI is InChI=1S/C38H67N3O15/c1-4-12-46-21-25-51-29-31-53-27-23-49-17-10-39-36(42)7-15-55-33-35(41-38(44)9-14-48-20-19-45-6-3)34-56-16-8-37(43)40-11-18-50-24-28-54-32-30-52-26-22-47-13-5-2/h1-2,35H,6-34H2,3H3,(H,39,42)(H,40,43)(H,41,44). The Morgan fingerprint density at radius 3 is 1.14 bits per heavy atom. The molecule has 0 aliphatic rings. The van der Waals surface area contributed by atoms with Crippen LogP contribution in [0.1, 0.15) is 26.2 Å². The van der Waals surface area contributed by atoms with Crippen molar-refractivity contribution in [2.45, 2.75) is 32.2 Å². The Balaban J connectivity index is 4.11. The van der Waals surface area contributed by atoms with E-state index in [4.69, 9.17) is 69.7 Å². The van der Waals surface area contributed by atoms with Gasteiger partial charge >= 0.3 is 0 Å². The molecular formula is C38H67N3O15. The Bertz CT molecular complexity index is 934. The van der Waals surface area contributed by atoms with Crippen LogP contribution >= 0.6 is 0 Å². The van der Waals surface area contributed by atoms with Gasteiger partial charge in [0.25, 0.3) is 0 Å². The monoisotopic (exact) mass is 805 g/mol. The first-order chi connectivity index (χ1) is 27.5. The predicted molar refractivity (Wildman–Crippen MR) is 205 cm³/mol. The van der Waals surface area contributed by atoms with Crippen LogP contribution in [0.5, 0.6) is 0 Å². The maximum atomic E-state index is 12.5. The summed E-state index contributed by atoms with van der Waals surface area (Å²) in [7, 11) is 0. The zero-order chi connectivity index (χ0) is 40.8. The molecule has 0 aliphatic heterocycles. The van der Waals surface area contributed by atoms with Gasteiger partial charge in [-0.2, -0.15) is 0 Å². The lowest BCUT2D eigenvalue weighted by Crippen LogP contribution is -2.42. The fourth-order valence-corrected chi connectivity index (χ4v) is 4.03. The second-order valence-electron chi connectivity index (χ2n) is 11.4. The molecule has 18 heteroatoms. The van der Waals surface area contributed by atoms with E-state index in [1.165, 1.54) is 0 Å². The van der Waals surface area contributed by atoms with Crippen molar-refractivity contribution in [1.82, 2.24) is 16.0 Å². The first kappa shape index (κ1) is 53.0. The van der Waals surface area contributed by atoms with E-state index in [-0.39, 0.29) is 83.2 Å². The van der Waals surface area contributed by atoms with E-state index in [1.807, 2.05) is 6.92 Å². The number of hydrogen-bond donors (Lipinski definition) is 3. The Morgan fingerprint density at radius 2 is 0.750 bits per heavy atom. The Kier molecular flexibility index (Phi) is 42.4. The molecule has 0 aromatic heterocycles. The summed E-state index contributed by atoms with van der Waals surface area (Å²) in [5.74, 6) is 4.14. The van der Waals surface area contributed by atoms with E-state index < -0.39 is 6.04 Å². The van der Waals surface area contributed by atoms with Crippen molar-refractivity contribution in [3.63, 3.8) is 0 Å². The molecule has 0 fully saturated rings. The number of hydrogen-bond acceptors (Lipinski definition) is 15. The highest BCUT2D eigenvalue weighted by Crippen LogP contribution is 1.96. The van der Waals surface area contributed by atoms with Gasteiger partial charge < -0.3 is 72.8 Å². The van der Waals surface area contributed by atoms with Gasteiger partial charge in [0.2, 0.25) is 17.7 Å². The number of terminal acetylenes is 2. The van der Waals surface area contributed by atoms with Gasteiger partial charge in [-0.3, -0.25) is 14.4 Å². The fraction of sp³-hybridized carbons (Fsp3) is 0.816. The fourth-order valence-electron chi connectivity index (χ4n) is 4.03. The number of nitrogens with one attached hydrogen (secondary N) is 3. The number of ether oxygens (including phenoxy) is 12. The molecule has 3 amide bonds. The first-order valence-corrected chi connectivity index (χ1v) is 19.2. The first-order valence-electron chi connectivity index (χ1n) is 19.2. The minimum atomic E-state index is -0.498. The highest BCUT2D eigenvalue weighted by molar-refractivity contribution is 5.77. The van der Waals surface area contributed by atoms with Gasteiger partial charge in [0.05, 0.1) is 145 Å². The SMILES string of the molecule is C#CCOCCOCCOCCOCCNC(=O)CCOCC(COCCC(=O)NCCOCCOCCOCCOCC#C)NC(=O)CCOCCOCC.